The summed E-state index contributed by atoms with van der Waals surface area (Å²) < 4.78 is 1.09. The van der Waals surface area contributed by atoms with Crippen LogP contribution < -0.4 is 5.32 Å². The largest absolute Gasteiger partial charge is 0.341 e. The molecule has 3 nitrogen and oxygen atoms in total. The number of benzene rings is 1. The zero-order valence-electron chi connectivity index (χ0n) is 12.6. The fraction of sp³-hybridized carbons (Fsp3) is 0.562. The minimum absolute atomic E-state index is 0. The summed E-state index contributed by atoms with van der Waals surface area (Å²) in [6.07, 6.45) is 2.75. The van der Waals surface area contributed by atoms with Gasteiger partial charge in [-0.25, -0.2) is 0 Å². The zero-order valence-corrected chi connectivity index (χ0v) is 15.0. The summed E-state index contributed by atoms with van der Waals surface area (Å²) in [5.74, 6) is 0.344. The summed E-state index contributed by atoms with van der Waals surface area (Å²) >= 11 is 3.57. The maximum absolute atomic E-state index is 12.7. The van der Waals surface area contributed by atoms with Crippen LogP contribution in [0, 0.1) is 5.92 Å². The van der Waals surface area contributed by atoms with Gasteiger partial charge in [0, 0.05) is 30.0 Å². The van der Waals surface area contributed by atoms with E-state index in [4.69, 9.17) is 0 Å². The maximum atomic E-state index is 12.7. The lowest BCUT2D eigenvalue weighted by Gasteiger charge is -2.28. The van der Waals surface area contributed by atoms with Crippen molar-refractivity contribution in [2.45, 2.75) is 32.2 Å². The average molecular weight is 376 g/mol. The molecule has 1 amide bonds. The molecule has 118 valence electrons. The first-order chi connectivity index (χ1) is 9.63. The van der Waals surface area contributed by atoms with Gasteiger partial charge in [0.05, 0.1) is 0 Å². The summed E-state index contributed by atoms with van der Waals surface area (Å²) in [5, 5.41) is 3.32. The number of rotatable bonds is 5. The van der Waals surface area contributed by atoms with E-state index in [1.165, 1.54) is 5.56 Å². The predicted octanol–water partition coefficient (Wildman–Crippen LogP) is 3.26. The molecule has 5 heteroatoms. The SMILES string of the molecule is CCC(Cc1ccccc1Br)C(=O)N(C)C1CCNC1.Cl. The van der Waals surface area contributed by atoms with Crippen molar-refractivity contribution < 1.29 is 4.79 Å². The number of halogens is 2. The van der Waals surface area contributed by atoms with Crippen LogP contribution in [0.5, 0.6) is 0 Å². The molecule has 1 N–H and O–H groups in total. The van der Waals surface area contributed by atoms with Crippen LogP contribution in [0.15, 0.2) is 28.7 Å². The molecule has 21 heavy (non-hydrogen) atoms. The lowest BCUT2D eigenvalue weighted by molar-refractivity contribution is -0.136. The van der Waals surface area contributed by atoms with E-state index < -0.39 is 0 Å². The smallest absolute Gasteiger partial charge is 0.226 e. The van der Waals surface area contributed by atoms with Gasteiger partial charge in [0.1, 0.15) is 0 Å². The number of nitrogens with one attached hydrogen (secondary N) is 1. The standard InChI is InChI=1S/C16H23BrN2O.ClH/c1-3-12(10-13-6-4-5-7-15(13)17)16(20)19(2)14-8-9-18-11-14;/h4-7,12,14,18H,3,8-11H2,1-2H3;1H. The molecule has 1 saturated heterocycles. The second kappa shape index (κ2) is 8.76. The van der Waals surface area contributed by atoms with Crippen LogP contribution in [0.3, 0.4) is 0 Å². The van der Waals surface area contributed by atoms with E-state index in [2.05, 4.69) is 34.2 Å². The second-order valence-electron chi connectivity index (χ2n) is 5.50. The molecule has 0 aliphatic carbocycles. The number of amides is 1. The second-order valence-corrected chi connectivity index (χ2v) is 6.35. The Kier molecular flexibility index (Phi) is 7.71. The van der Waals surface area contributed by atoms with Crippen LogP contribution in [-0.2, 0) is 11.2 Å². The highest BCUT2D eigenvalue weighted by molar-refractivity contribution is 9.10. The Bertz CT molecular complexity index is 463. The molecular weight excluding hydrogens is 352 g/mol. The Labute approximate surface area is 142 Å². The molecule has 1 aromatic carbocycles. The highest BCUT2D eigenvalue weighted by Gasteiger charge is 2.28. The van der Waals surface area contributed by atoms with Gasteiger partial charge in [0.25, 0.3) is 0 Å². The molecule has 1 aliphatic rings. The number of nitrogens with zero attached hydrogens (tertiary/aromatic N) is 1. The molecule has 2 rings (SSSR count). The Morgan fingerprint density at radius 2 is 2.19 bits per heavy atom. The molecule has 0 aromatic heterocycles. The van der Waals surface area contributed by atoms with Crippen LogP contribution in [0.4, 0.5) is 0 Å². The maximum Gasteiger partial charge on any atom is 0.226 e. The Morgan fingerprint density at radius 3 is 2.76 bits per heavy atom. The molecule has 0 spiro atoms. The number of carbonyl (C=O) groups is 1. The van der Waals surface area contributed by atoms with Crippen molar-refractivity contribution in [3.8, 4) is 0 Å². The fourth-order valence-corrected chi connectivity index (χ4v) is 3.22. The van der Waals surface area contributed by atoms with Crippen LogP contribution in [0.2, 0.25) is 0 Å². The van der Waals surface area contributed by atoms with Gasteiger partial charge in [0.15, 0.2) is 0 Å². The third kappa shape index (κ3) is 4.70. The predicted molar refractivity (Wildman–Crippen MR) is 92.9 cm³/mol. The first kappa shape index (κ1) is 18.5. The highest BCUT2D eigenvalue weighted by atomic mass is 79.9. The molecule has 0 saturated carbocycles. The molecule has 2 atom stereocenters. The van der Waals surface area contributed by atoms with Gasteiger partial charge in [-0.3, -0.25) is 4.79 Å². The van der Waals surface area contributed by atoms with Gasteiger partial charge in [-0.2, -0.15) is 0 Å². The minimum Gasteiger partial charge on any atom is -0.341 e. The van der Waals surface area contributed by atoms with Crippen molar-refractivity contribution in [1.82, 2.24) is 10.2 Å². The molecule has 1 aromatic rings. The summed E-state index contributed by atoms with van der Waals surface area (Å²) in [4.78, 5) is 14.6. The quantitative estimate of drug-likeness (QED) is 0.856. The molecule has 2 unspecified atom stereocenters. The number of hydrogen-bond acceptors (Lipinski definition) is 2. The monoisotopic (exact) mass is 374 g/mol. The van der Waals surface area contributed by atoms with Crippen molar-refractivity contribution in [3.63, 3.8) is 0 Å². The van der Waals surface area contributed by atoms with Gasteiger partial charge in [-0.1, -0.05) is 41.1 Å². The topological polar surface area (TPSA) is 32.3 Å². The van der Waals surface area contributed by atoms with Crippen molar-refractivity contribution in [2.24, 2.45) is 5.92 Å². The molecule has 1 aliphatic heterocycles. The van der Waals surface area contributed by atoms with E-state index >= 15 is 0 Å². The van der Waals surface area contributed by atoms with Crippen molar-refractivity contribution in [2.75, 3.05) is 20.1 Å². The number of likely N-dealkylation sites (N-methyl/N-ethyl adjacent to an activating group) is 1. The summed E-state index contributed by atoms with van der Waals surface area (Å²) in [7, 11) is 1.95. The van der Waals surface area contributed by atoms with Crippen molar-refractivity contribution in [1.29, 1.82) is 0 Å². The normalized spacial score (nSPS) is 18.9. The van der Waals surface area contributed by atoms with E-state index in [9.17, 15) is 4.79 Å². The Morgan fingerprint density at radius 1 is 1.48 bits per heavy atom. The lowest BCUT2D eigenvalue weighted by atomic mass is 9.95. The average Bonchev–Trinajstić information content (AvgIpc) is 2.99. The Balaban J connectivity index is 0.00000220. The third-order valence-corrected chi connectivity index (χ3v) is 4.97. The van der Waals surface area contributed by atoms with Crippen LogP contribution in [-0.4, -0.2) is 37.0 Å². The molecule has 1 heterocycles. The molecular formula is C16H24BrClN2O. The van der Waals surface area contributed by atoms with Gasteiger partial charge in [0.2, 0.25) is 5.91 Å². The first-order valence-corrected chi connectivity index (χ1v) is 8.13. The van der Waals surface area contributed by atoms with Crippen LogP contribution in [0.1, 0.15) is 25.3 Å². The molecule has 0 radical (unpaired) electrons. The van der Waals surface area contributed by atoms with E-state index in [1.807, 2.05) is 30.1 Å². The first-order valence-electron chi connectivity index (χ1n) is 7.34. The highest BCUT2D eigenvalue weighted by Crippen LogP contribution is 2.23. The minimum atomic E-state index is 0. The molecule has 0 bridgehead atoms. The van der Waals surface area contributed by atoms with Crippen molar-refractivity contribution >= 4 is 34.2 Å². The van der Waals surface area contributed by atoms with Gasteiger partial charge in [-0.15, -0.1) is 12.4 Å². The molecule has 1 fully saturated rings. The van der Waals surface area contributed by atoms with Crippen LogP contribution >= 0.6 is 28.3 Å². The summed E-state index contributed by atoms with van der Waals surface area (Å²) in [5.41, 5.74) is 1.21. The lowest BCUT2D eigenvalue weighted by Crippen LogP contribution is -2.42. The van der Waals surface area contributed by atoms with E-state index in [1.54, 1.807) is 0 Å². The van der Waals surface area contributed by atoms with E-state index in [-0.39, 0.29) is 24.2 Å². The van der Waals surface area contributed by atoms with Gasteiger partial charge < -0.3 is 10.2 Å². The summed E-state index contributed by atoms with van der Waals surface area (Å²) in [6.45, 7) is 4.04. The third-order valence-electron chi connectivity index (χ3n) is 4.20. The Hall–Kier alpha value is -0.580. The van der Waals surface area contributed by atoms with Gasteiger partial charge in [-0.05, 0) is 37.4 Å². The number of hydrogen-bond donors (Lipinski definition) is 1. The summed E-state index contributed by atoms with van der Waals surface area (Å²) in [6, 6.07) is 8.53. The van der Waals surface area contributed by atoms with Crippen LogP contribution in [0.25, 0.3) is 0 Å². The van der Waals surface area contributed by atoms with E-state index in [0.717, 1.165) is 36.8 Å². The van der Waals surface area contributed by atoms with Gasteiger partial charge >= 0.3 is 0 Å². The van der Waals surface area contributed by atoms with E-state index in [0.29, 0.717) is 6.04 Å². The van der Waals surface area contributed by atoms with Crippen molar-refractivity contribution in [3.05, 3.63) is 34.3 Å². The number of carbonyl (C=O) groups excluding carboxylic acids is 1. The zero-order chi connectivity index (χ0) is 14.5. The fourth-order valence-electron chi connectivity index (χ4n) is 2.77.